The van der Waals surface area contributed by atoms with Crippen LogP contribution in [-0.4, -0.2) is 23.2 Å². The van der Waals surface area contributed by atoms with Crippen LogP contribution in [0.2, 0.25) is 20.1 Å². The van der Waals surface area contributed by atoms with E-state index in [9.17, 15) is 23.2 Å². The van der Waals surface area contributed by atoms with E-state index in [-0.39, 0.29) is 42.5 Å². The van der Waals surface area contributed by atoms with Crippen LogP contribution < -0.4 is 0 Å². The SMILES string of the molecule is O=S(=O)(O)C(c1cccc(O)c1)(c1ccc(Cl)cc1Cl)c1c(O)cc(Cl)cc1Cl. The van der Waals surface area contributed by atoms with Crippen LogP contribution in [0.15, 0.2) is 54.6 Å². The predicted molar refractivity (Wildman–Crippen MR) is 114 cm³/mol. The first-order chi connectivity index (χ1) is 13.5. The molecule has 5 nitrogen and oxygen atoms in total. The molecule has 0 aliphatic heterocycles. The Morgan fingerprint density at radius 1 is 0.793 bits per heavy atom. The molecule has 1 unspecified atom stereocenters. The summed E-state index contributed by atoms with van der Waals surface area (Å²) in [5, 5.41) is 20.5. The zero-order chi connectivity index (χ0) is 21.6. The highest BCUT2D eigenvalue weighted by atomic mass is 35.5. The molecule has 0 amide bonds. The van der Waals surface area contributed by atoms with Gasteiger partial charge in [0.1, 0.15) is 11.5 Å². The maximum Gasteiger partial charge on any atom is 0.283 e. The monoisotopic (exact) mass is 492 g/mol. The molecule has 0 radical (unpaired) electrons. The van der Waals surface area contributed by atoms with Gasteiger partial charge in [-0.15, -0.1) is 0 Å². The number of aromatic hydroxyl groups is 2. The van der Waals surface area contributed by atoms with Crippen molar-refractivity contribution in [1.29, 1.82) is 0 Å². The molecule has 3 aromatic rings. The van der Waals surface area contributed by atoms with Gasteiger partial charge >= 0.3 is 0 Å². The normalized spacial score (nSPS) is 13.8. The second-order valence-corrected chi connectivity index (χ2v) is 9.36. The summed E-state index contributed by atoms with van der Waals surface area (Å²) in [5.74, 6) is -0.889. The minimum absolute atomic E-state index is 0.0404. The molecule has 0 fully saturated rings. The van der Waals surface area contributed by atoms with Gasteiger partial charge in [-0.05, 0) is 42.0 Å². The van der Waals surface area contributed by atoms with Crippen molar-refractivity contribution in [2.45, 2.75) is 4.75 Å². The van der Waals surface area contributed by atoms with Crippen LogP contribution in [0.4, 0.5) is 0 Å². The van der Waals surface area contributed by atoms with E-state index in [1.54, 1.807) is 0 Å². The van der Waals surface area contributed by atoms with Crippen molar-refractivity contribution in [2.24, 2.45) is 0 Å². The summed E-state index contributed by atoms with van der Waals surface area (Å²) in [6, 6.07) is 11.4. The van der Waals surface area contributed by atoms with Crippen LogP contribution in [-0.2, 0) is 14.9 Å². The van der Waals surface area contributed by atoms with Gasteiger partial charge in [0.05, 0.1) is 5.02 Å². The van der Waals surface area contributed by atoms with E-state index in [1.165, 1.54) is 42.5 Å². The summed E-state index contributed by atoms with van der Waals surface area (Å²) in [6.07, 6.45) is 0. The Labute approximate surface area is 186 Å². The molecule has 0 aromatic heterocycles. The number of halogens is 4. The van der Waals surface area contributed by atoms with Gasteiger partial charge in [0.15, 0.2) is 4.75 Å². The number of phenols is 2. The standard InChI is InChI=1S/C19H12Cl4O5S/c20-11-4-5-14(15(22)7-11)19(29(26,27)28,10-2-1-3-13(24)6-10)18-16(23)8-12(21)9-17(18)25/h1-9,24-25H,(H,26,27,28). The van der Waals surface area contributed by atoms with Gasteiger partial charge in [-0.3, -0.25) is 4.55 Å². The second kappa shape index (κ2) is 7.87. The van der Waals surface area contributed by atoms with Crippen molar-refractivity contribution in [3.05, 3.63) is 91.4 Å². The fraction of sp³-hybridized carbons (Fsp3) is 0.0526. The highest BCUT2D eigenvalue weighted by Gasteiger charge is 2.52. The van der Waals surface area contributed by atoms with Crippen molar-refractivity contribution in [3.8, 4) is 11.5 Å². The largest absolute Gasteiger partial charge is 0.508 e. The lowest BCUT2D eigenvalue weighted by atomic mass is 9.83. The zero-order valence-electron chi connectivity index (χ0n) is 14.3. The minimum Gasteiger partial charge on any atom is -0.508 e. The smallest absolute Gasteiger partial charge is 0.283 e. The van der Waals surface area contributed by atoms with Crippen molar-refractivity contribution in [3.63, 3.8) is 0 Å². The molecule has 0 aliphatic rings. The molecule has 0 bridgehead atoms. The van der Waals surface area contributed by atoms with Gasteiger partial charge in [-0.2, -0.15) is 8.42 Å². The number of rotatable bonds is 4. The Hall–Kier alpha value is -1.67. The first-order valence-corrected chi connectivity index (χ1v) is 10.8. The Bertz CT molecular complexity index is 1190. The van der Waals surface area contributed by atoms with Crippen LogP contribution in [0.1, 0.15) is 16.7 Å². The van der Waals surface area contributed by atoms with E-state index in [2.05, 4.69) is 0 Å². The molecular formula is C19H12Cl4O5S. The quantitative estimate of drug-likeness (QED) is 0.311. The predicted octanol–water partition coefficient (Wildman–Crippen LogP) is 5.89. The third kappa shape index (κ3) is 3.77. The summed E-state index contributed by atoms with van der Waals surface area (Å²) in [6.45, 7) is 0. The second-order valence-electron chi connectivity index (χ2n) is 6.11. The van der Waals surface area contributed by atoms with Crippen molar-refractivity contribution < 1.29 is 23.2 Å². The summed E-state index contributed by atoms with van der Waals surface area (Å²) in [4.78, 5) is 0. The molecule has 0 spiro atoms. The fourth-order valence-corrected chi connectivity index (χ4v) is 5.90. The van der Waals surface area contributed by atoms with Gasteiger partial charge < -0.3 is 10.2 Å². The van der Waals surface area contributed by atoms with E-state index in [0.717, 1.165) is 12.1 Å². The summed E-state index contributed by atoms with van der Waals surface area (Å²) in [5.41, 5.74) is -0.652. The number of benzene rings is 3. The van der Waals surface area contributed by atoms with Gasteiger partial charge in [0.25, 0.3) is 10.1 Å². The summed E-state index contributed by atoms with van der Waals surface area (Å²) < 4.78 is 33.9. The lowest BCUT2D eigenvalue weighted by Gasteiger charge is -2.34. The molecule has 0 saturated heterocycles. The highest BCUT2D eigenvalue weighted by molar-refractivity contribution is 7.87. The number of phenolic OH excluding ortho intramolecular Hbond substituents is 2. The third-order valence-corrected chi connectivity index (χ3v) is 6.83. The Balaban J connectivity index is 2.63. The molecule has 3 aromatic carbocycles. The number of hydrogen-bond donors (Lipinski definition) is 3. The Kier molecular flexibility index (Phi) is 5.98. The van der Waals surface area contributed by atoms with Gasteiger partial charge in [0.2, 0.25) is 0 Å². The third-order valence-electron chi connectivity index (χ3n) is 4.34. The van der Waals surface area contributed by atoms with Crippen LogP contribution in [0.5, 0.6) is 11.5 Å². The van der Waals surface area contributed by atoms with E-state index >= 15 is 0 Å². The molecule has 0 saturated carbocycles. The Morgan fingerprint density at radius 2 is 1.45 bits per heavy atom. The van der Waals surface area contributed by atoms with Crippen LogP contribution in [0.3, 0.4) is 0 Å². The molecule has 0 heterocycles. The fourth-order valence-electron chi connectivity index (χ4n) is 3.26. The average Bonchev–Trinajstić information content (AvgIpc) is 2.57. The first kappa shape index (κ1) is 22.0. The molecule has 29 heavy (non-hydrogen) atoms. The maximum absolute atomic E-state index is 13.0. The van der Waals surface area contributed by atoms with Crippen LogP contribution in [0.25, 0.3) is 0 Å². The van der Waals surface area contributed by atoms with Crippen molar-refractivity contribution >= 4 is 56.5 Å². The van der Waals surface area contributed by atoms with Crippen LogP contribution >= 0.6 is 46.4 Å². The van der Waals surface area contributed by atoms with E-state index in [4.69, 9.17) is 46.4 Å². The highest BCUT2D eigenvalue weighted by Crippen LogP contribution is 2.52. The minimum atomic E-state index is -5.12. The van der Waals surface area contributed by atoms with Gasteiger partial charge in [-0.25, -0.2) is 0 Å². The first-order valence-electron chi connectivity index (χ1n) is 7.89. The van der Waals surface area contributed by atoms with E-state index in [0.29, 0.717) is 0 Å². The van der Waals surface area contributed by atoms with Crippen molar-refractivity contribution in [1.82, 2.24) is 0 Å². The van der Waals surface area contributed by atoms with Gasteiger partial charge in [0, 0.05) is 26.2 Å². The molecule has 152 valence electrons. The molecule has 10 heteroatoms. The molecule has 3 N–H and O–H groups in total. The molecule has 3 rings (SSSR count). The van der Waals surface area contributed by atoms with E-state index < -0.39 is 20.6 Å². The summed E-state index contributed by atoms with van der Waals surface area (Å²) >= 11 is 24.5. The maximum atomic E-state index is 13.0. The summed E-state index contributed by atoms with van der Waals surface area (Å²) in [7, 11) is -5.12. The van der Waals surface area contributed by atoms with Crippen LogP contribution in [0, 0.1) is 0 Å². The average molecular weight is 494 g/mol. The lowest BCUT2D eigenvalue weighted by molar-refractivity contribution is 0.439. The molecule has 0 aliphatic carbocycles. The molecule has 1 atom stereocenters. The van der Waals surface area contributed by atoms with Crippen molar-refractivity contribution in [2.75, 3.05) is 0 Å². The van der Waals surface area contributed by atoms with E-state index in [1.807, 2.05) is 0 Å². The van der Waals surface area contributed by atoms with Gasteiger partial charge in [-0.1, -0.05) is 64.6 Å². The topological polar surface area (TPSA) is 94.8 Å². The zero-order valence-corrected chi connectivity index (χ0v) is 18.1. The molecular weight excluding hydrogens is 482 g/mol. The lowest BCUT2D eigenvalue weighted by Crippen LogP contribution is -2.39. The number of hydrogen-bond acceptors (Lipinski definition) is 4. The Morgan fingerprint density at radius 3 is 2.00 bits per heavy atom.